The molecule has 1 saturated heterocycles. The molecule has 1 fully saturated rings. The predicted molar refractivity (Wildman–Crippen MR) is 112 cm³/mol. The van der Waals surface area contributed by atoms with Gasteiger partial charge in [0.15, 0.2) is 0 Å². The lowest BCUT2D eigenvalue weighted by molar-refractivity contribution is -0.125. The maximum atomic E-state index is 13.0. The quantitative estimate of drug-likeness (QED) is 0.694. The number of carbonyl (C=O) groups is 1. The number of aromatic nitrogens is 3. The summed E-state index contributed by atoms with van der Waals surface area (Å²) >= 11 is 1.58. The first kappa shape index (κ1) is 19.6. The number of benzene rings is 1. The van der Waals surface area contributed by atoms with Gasteiger partial charge in [-0.05, 0) is 56.5 Å². The number of carbonyl (C=O) groups excluding carboxylic acids is 1. The summed E-state index contributed by atoms with van der Waals surface area (Å²) in [5.74, 6) is -0.215. The molecule has 1 amide bonds. The number of hydrogen-bond donors (Lipinski definition) is 1. The Hall–Kier alpha value is -2.74. The zero-order valence-electron chi connectivity index (χ0n) is 16.6. The molecule has 152 valence electrons. The predicted octanol–water partition coefficient (Wildman–Crippen LogP) is 3.62. The van der Waals surface area contributed by atoms with E-state index in [0.717, 1.165) is 53.1 Å². The average Bonchev–Trinajstić information content (AvgIpc) is 3.33. The summed E-state index contributed by atoms with van der Waals surface area (Å²) in [6.07, 6.45) is 1.57. The minimum absolute atomic E-state index is 0.00646. The Bertz CT molecular complexity index is 969. The molecule has 0 unspecified atom stereocenters. The third kappa shape index (κ3) is 4.32. The van der Waals surface area contributed by atoms with E-state index in [9.17, 15) is 9.18 Å². The highest BCUT2D eigenvalue weighted by Crippen LogP contribution is 2.29. The summed E-state index contributed by atoms with van der Waals surface area (Å²) < 4.78 is 15.1. The van der Waals surface area contributed by atoms with Gasteiger partial charge in [-0.25, -0.2) is 4.39 Å². The fourth-order valence-corrected chi connectivity index (χ4v) is 4.68. The van der Waals surface area contributed by atoms with Crippen molar-refractivity contribution in [2.24, 2.45) is 5.92 Å². The number of halogens is 1. The Balaban J connectivity index is 1.31. The van der Waals surface area contributed by atoms with E-state index < -0.39 is 0 Å². The minimum atomic E-state index is -0.269. The third-order valence-corrected chi connectivity index (χ3v) is 6.35. The second-order valence-electron chi connectivity index (χ2n) is 7.42. The summed E-state index contributed by atoms with van der Waals surface area (Å²) in [7, 11) is 0. The molecule has 0 aliphatic carbocycles. The first-order chi connectivity index (χ1) is 14.0. The monoisotopic (exact) mass is 413 g/mol. The van der Waals surface area contributed by atoms with Gasteiger partial charge in [-0.2, -0.15) is 0 Å². The van der Waals surface area contributed by atoms with Crippen molar-refractivity contribution in [2.45, 2.75) is 33.2 Å². The van der Waals surface area contributed by atoms with Crippen molar-refractivity contribution in [3.63, 3.8) is 0 Å². The largest absolute Gasteiger partial charge is 0.352 e. The number of anilines is 1. The van der Waals surface area contributed by atoms with Crippen LogP contribution < -0.4 is 10.2 Å². The summed E-state index contributed by atoms with van der Waals surface area (Å²) in [5.41, 5.74) is 3.18. The molecule has 1 N–H and O–H groups in total. The van der Waals surface area contributed by atoms with Crippen LogP contribution in [-0.4, -0.2) is 33.8 Å². The van der Waals surface area contributed by atoms with Crippen LogP contribution in [0, 0.1) is 25.6 Å². The van der Waals surface area contributed by atoms with Crippen LogP contribution in [0.1, 0.15) is 29.8 Å². The molecule has 0 spiro atoms. The fraction of sp³-hybridized carbons (Fsp3) is 0.381. The van der Waals surface area contributed by atoms with Crippen molar-refractivity contribution in [3.8, 4) is 5.13 Å². The van der Waals surface area contributed by atoms with Crippen LogP contribution in [0.25, 0.3) is 5.13 Å². The summed E-state index contributed by atoms with van der Waals surface area (Å²) in [4.78, 5) is 14.7. The maximum Gasteiger partial charge on any atom is 0.223 e. The third-order valence-electron chi connectivity index (χ3n) is 5.38. The molecule has 2 aromatic heterocycles. The average molecular weight is 414 g/mol. The van der Waals surface area contributed by atoms with Crippen molar-refractivity contribution >= 4 is 22.4 Å². The smallest absolute Gasteiger partial charge is 0.223 e. The van der Waals surface area contributed by atoms with Crippen LogP contribution in [-0.2, 0) is 11.3 Å². The molecule has 4 rings (SSSR count). The molecule has 8 heteroatoms. The number of nitrogens with one attached hydrogen (secondary N) is 1. The van der Waals surface area contributed by atoms with E-state index in [1.807, 2.05) is 0 Å². The zero-order chi connectivity index (χ0) is 20.4. The van der Waals surface area contributed by atoms with E-state index in [0.29, 0.717) is 6.54 Å². The Morgan fingerprint density at radius 1 is 1.07 bits per heavy atom. The molecule has 6 nitrogen and oxygen atoms in total. The van der Waals surface area contributed by atoms with Crippen LogP contribution in [0.2, 0.25) is 0 Å². The molecule has 0 saturated carbocycles. The van der Waals surface area contributed by atoms with Gasteiger partial charge in [0.05, 0.1) is 0 Å². The van der Waals surface area contributed by atoms with Gasteiger partial charge in [-0.1, -0.05) is 23.5 Å². The van der Waals surface area contributed by atoms with Crippen molar-refractivity contribution < 1.29 is 9.18 Å². The van der Waals surface area contributed by atoms with E-state index in [4.69, 9.17) is 0 Å². The highest BCUT2D eigenvalue weighted by Gasteiger charge is 2.26. The van der Waals surface area contributed by atoms with Crippen LogP contribution in [0.3, 0.4) is 0 Å². The SMILES string of the molecule is Cc1ccc(C)n1-c1nnc(N2CCC(C(=O)NCc3ccc(F)cc3)CC2)s1. The van der Waals surface area contributed by atoms with Crippen LogP contribution in [0.5, 0.6) is 0 Å². The standard InChI is InChI=1S/C21H24FN5OS/c1-14-3-4-15(2)27(14)21-25-24-20(29-21)26-11-9-17(10-12-26)19(28)23-13-16-5-7-18(22)8-6-16/h3-8,17H,9-13H2,1-2H3,(H,23,28). The zero-order valence-corrected chi connectivity index (χ0v) is 17.4. The fourth-order valence-electron chi connectivity index (χ4n) is 3.67. The van der Waals surface area contributed by atoms with Gasteiger partial charge in [0, 0.05) is 36.9 Å². The number of rotatable bonds is 5. The van der Waals surface area contributed by atoms with Gasteiger partial charge in [0.1, 0.15) is 5.82 Å². The number of piperidine rings is 1. The maximum absolute atomic E-state index is 13.0. The number of aryl methyl sites for hydroxylation is 2. The van der Waals surface area contributed by atoms with Crippen molar-refractivity contribution in [2.75, 3.05) is 18.0 Å². The van der Waals surface area contributed by atoms with E-state index in [-0.39, 0.29) is 17.6 Å². The van der Waals surface area contributed by atoms with Crippen LogP contribution >= 0.6 is 11.3 Å². The Labute approximate surface area is 173 Å². The van der Waals surface area contributed by atoms with E-state index in [1.54, 1.807) is 23.5 Å². The summed E-state index contributed by atoms with van der Waals surface area (Å²) in [6, 6.07) is 10.4. The van der Waals surface area contributed by atoms with Crippen LogP contribution in [0.4, 0.5) is 9.52 Å². The van der Waals surface area contributed by atoms with Crippen molar-refractivity contribution in [1.82, 2.24) is 20.1 Å². The van der Waals surface area contributed by atoms with Gasteiger partial charge < -0.3 is 10.2 Å². The van der Waals surface area contributed by atoms with Crippen LogP contribution in [0.15, 0.2) is 36.4 Å². The lowest BCUT2D eigenvalue weighted by Gasteiger charge is -2.30. The van der Waals surface area contributed by atoms with Gasteiger partial charge >= 0.3 is 0 Å². The van der Waals surface area contributed by atoms with E-state index in [1.165, 1.54) is 12.1 Å². The molecular formula is C21H24FN5OS. The summed E-state index contributed by atoms with van der Waals surface area (Å²) in [5, 5.41) is 13.5. The second kappa shape index (κ2) is 8.32. The molecule has 1 aliphatic rings. The topological polar surface area (TPSA) is 63.1 Å². The van der Waals surface area contributed by atoms with Crippen molar-refractivity contribution in [3.05, 3.63) is 59.2 Å². The Morgan fingerprint density at radius 2 is 1.69 bits per heavy atom. The molecule has 0 bridgehead atoms. The first-order valence-corrected chi connectivity index (χ1v) is 10.6. The number of amides is 1. The molecular weight excluding hydrogens is 389 g/mol. The number of hydrogen-bond acceptors (Lipinski definition) is 5. The Kier molecular flexibility index (Phi) is 5.62. The second-order valence-corrected chi connectivity index (χ2v) is 8.36. The van der Waals surface area contributed by atoms with Gasteiger partial charge in [0.2, 0.25) is 16.2 Å². The van der Waals surface area contributed by atoms with Crippen molar-refractivity contribution in [1.29, 1.82) is 0 Å². The lowest BCUT2D eigenvalue weighted by Crippen LogP contribution is -2.40. The lowest BCUT2D eigenvalue weighted by atomic mass is 9.96. The van der Waals surface area contributed by atoms with E-state index >= 15 is 0 Å². The molecule has 1 aromatic carbocycles. The molecule has 3 heterocycles. The minimum Gasteiger partial charge on any atom is -0.352 e. The Morgan fingerprint density at radius 3 is 2.34 bits per heavy atom. The number of nitrogens with zero attached hydrogens (tertiary/aromatic N) is 4. The van der Waals surface area contributed by atoms with Gasteiger partial charge in [-0.3, -0.25) is 9.36 Å². The molecule has 3 aromatic rings. The summed E-state index contributed by atoms with van der Waals surface area (Å²) in [6.45, 7) is 6.11. The van der Waals surface area contributed by atoms with Gasteiger partial charge in [-0.15, -0.1) is 10.2 Å². The highest BCUT2D eigenvalue weighted by molar-refractivity contribution is 7.17. The molecule has 29 heavy (non-hydrogen) atoms. The highest BCUT2D eigenvalue weighted by atomic mass is 32.1. The van der Waals surface area contributed by atoms with E-state index in [2.05, 4.69) is 51.0 Å². The van der Waals surface area contributed by atoms with Gasteiger partial charge in [0.25, 0.3) is 0 Å². The first-order valence-electron chi connectivity index (χ1n) is 9.77. The molecule has 0 radical (unpaired) electrons. The molecule has 0 atom stereocenters. The molecule has 1 aliphatic heterocycles. The normalized spacial score (nSPS) is 14.9.